The molecule has 0 spiro atoms. The van der Waals surface area contributed by atoms with E-state index in [-0.39, 0.29) is 34.8 Å². The number of rotatable bonds is 5. The number of nitrogens with zero attached hydrogens (tertiary/aromatic N) is 2. The maximum atomic E-state index is 12.3. The lowest BCUT2D eigenvalue weighted by Gasteiger charge is -2.14. The van der Waals surface area contributed by atoms with Crippen molar-refractivity contribution in [2.24, 2.45) is 0 Å². The number of carbonyl (C=O) groups excluding carboxylic acids is 3. The summed E-state index contributed by atoms with van der Waals surface area (Å²) in [7, 11) is 1.21. The number of aryl methyl sites for hydroxylation is 1. The van der Waals surface area contributed by atoms with Crippen molar-refractivity contribution in [2.75, 3.05) is 26.8 Å². The molecule has 1 saturated heterocycles. The summed E-state index contributed by atoms with van der Waals surface area (Å²) in [6.07, 6.45) is 1.56. The van der Waals surface area contributed by atoms with Gasteiger partial charge >= 0.3 is 11.9 Å². The van der Waals surface area contributed by atoms with E-state index < -0.39 is 17.5 Å². The van der Waals surface area contributed by atoms with E-state index in [4.69, 9.17) is 9.47 Å². The molecule has 9 nitrogen and oxygen atoms in total. The van der Waals surface area contributed by atoms with E-state index in [0.717, 1.165) is 24.2 Å². The van der Waals surface area contributed by atoms with Gasteiger partial charge in [0.2, 0.25) is 0 Å². The molecule has 0 unspecified atom stereocenters. The van der Waals surface area contributed by atoms with Gasteiger partial charge in [-0.1, -0.05) is 0 Å². The fourth-order valence-electron chi connectivity index (χ4n) is 2.99. The van der Waals surface area contributed by atoms with E-state index >= 15 is 0 Å². The van der Waals surface area contributed by atoms with Gasteiger partial charge < -0.3 is 19.4 Å². The van der Waals surface area contributed by atoms with Gasteiger partial charge in [0, 0.05) is 18.7 Å². The van der Waals surface area contributed by atoms with Crippen molar-refractivity contribution in [1.82, 2.24) is 14.9 Å². The third-order valence-corrected chi connectivity index (χ3v) is 5.39. The Balaban J connectivity index is 1.82. The van der Waals surface area contributed by atoms with Gasteiger partial charge in [-0.2, -0.15) is 0 Å². The van der Waals surface area contributed by atoms with E-state index in [1.54, 1.807) is 11.8 Å². The van der Waals surface area contributed by atoms with Crippen molar-refractivity contribution in [3.8, 4) is 0 Å². The highest BCUT2D eigenvalue weighted by atomic mass is 32.1. The molecule has 0 atom stereocenters. The maximum Gasteiger partial charge on any atom is 0.348 e. The molecule has 27 heavy (non-hydrogen) atoms. The minimum absolute atomic E-state index is 0.124. The van der Waals surface area contributed by atoms with Crippen LogP contribution < -0.4 is 5.56 Å². The summed E-state index contributed by atoms with van der Waals surface area (Å²) in [4.78, 5) is 57.5. The van der Waals surface area contributed by atoms with Crippen molar-refractivity contribution in [3.63, 3.8) is 0 Å². The number of methoxy groups -OCH3 is 1. The minimum atomic E-state index is -0.702. The van der Waals surface area contributed by atoms with Gasteiger partial charge in [0.05, 0.1) is 18.9 Å². The highest BCUT2D eigenvalue weighted by Gasteiger charge is 2.25. The molecule has 1 fully saturated rings. The Labute approximate surface area is 158 Å². The molecule has 1 aliphatic heterocycles. The van der Waals surface area contributed by atoms with Gasteiger partial charge in [-0.3, -0.25) is 14.4 Å². The quantitative estimate of drug-likeness (QED) is 0.746. The number of aromatic amines is 1. The first-order valence-electron chi connectivity index (χ1n) is 8.44. The number of hydrogen-bond donors (Lipinski definition) is 1. The zero-order valence-corrected chi connectivity index (χ0v) is 15.8. The number of nitrogens with one attached hydrogen (secondary N) is 1. The van der Waals surface area contributed by atoms with E-state index in [1.165, 1.54) is 7.11 Å². The molecule has 0 aliphatic carbocycles. The third kappa shape index (κ3) is 4.00. The first-order valence-corrected chi connectivity index (χ1v) is 9.26. The molecule has 10 heteroatoms. The molecule has 0 radical (unpaired) electrons. The Morgan fingerprint density at radius 1 is 1.26 bits per heavy atom. The largest absolute Gasteiger partial charge is 0.465 e. The van der Waals surface area contributed by atoms with Crippen LogP contribution in [0.5, 0.6) is 0 Å². The number of H-pyrrole nitrogens is 1. The third-order valence-electron chi connectivity index (χ3n) is 4.29. The van der Waals surface area contributed by atoms with Crippen LogP contribution in [-0.2, 0) is 25.5 Å². The van der Waals surface area contributed by atoms with Crippen LogP contribution in [0.3, 0.4) is 0 Å². The summed E-state index contributed by atoms with van der Waals surface area (Å²) in [6, 6.07) is 0. The van der Waals surface area contributed by atoms with E-state index in [1.807, 2.05) is 0 Å². The van der Waals surface area contributed by atoms with Crippen LogP contribution in [0.25, 0.3) is 10.2 Å². The van der Waals surface area contributed by atoms with E-state index in [2.05, 4.69) is 9.97 Å². The number of carbonyl (C=O) groups is 3. The smallest absolute Gasteiger partial charge is 0.348 e. The topological polar surface area (TPSA) is 119 Å². The second-order valence-corrected chi connectivity index (χ2v) is 7.16. The van der Waals surface area contributed by atoms with Gasteiger partial charge in [-0.15, -0.1) is 11.3 Å². The Kier molecular flexibility index (Phi) is 5.54. The molecule has 144 valence electrons. The van der Waals surface area contributed by atoms with Crippen molar-refractivity contribution in [1.29, 1.82) is 0 Å². The van der Waals surface area contributed by atoms with Crippen LogP contribution in [0.4, 0.5) is 0 Å². The average Bonchev–Trinajstić information content (AvgIpc) is 3.27. The number of ether oxygens (including phenoxy) is 2. The summed E-state index contributed by atoms with van der Waals surface area (Å²) in [5.41, 5.74) is -0.242. The summed E-state index contributed by atoms with van der Waals surface area (Å²) in [5.74, 6) is -1.21. The predicted octanol–water partition coefficient (Wildman–Crippen LogP) is 0.788. The highest BCUT2D eigenvalue weighted by molar-refractivity contribution is 7.20. The first-order chi connectivity index (χ1) is 12.9. The number of thiophene rings is 1. The monoisotopic (exact) mass is 393 g/mol. The molecule has 0 aromatic carbocycles. The normalized spacial score (nSPS) is 13.8. The van der Waals surface area contributed by atoms with Crippen LogP contribution >= 0.6 is 11.3 Å². The molecule has 1 amide bonds. The Morgan fingerprint density at radius 2 is 1.96 bits per heavy atom. The molecule has 2 aromatic rings. The molecule has 1 aliphatic rings. The van der Waals surface area contributed by atoms with E-state index in [0.29, 0.717) is 23.7 Å². The number of amides is 1. The Hall–Kier alpha value is -2.75. The van der Waals surface area contributed by atoms with Crippen LogP contribution in [0.1, 0.15) is 33.9 Å². The molecule has 2 aromatic heterocycles. The zero-order valence-electron chi connectivity index (χ0n) is 15.0. The van der Waals surface area contributed by atoms with Crippen molar-refractivity contribution in [3.05, 3.63) is 26.6 Å². The van der Waals surface area contributed by atoms with Crippen molar-refractivity contribution >= 4 is 39.4 Å². The number of hydrogen-bond acceptors (Lipinski definition) is 8. The second kappa shape index (κ2) is 7.87. The van der Waals surface area contributed by atoms with Crippen LogP contribution in [0, 0.1) is 6.92 Å². The van der Waals surface area contributed by atoms with Gasteiger partial charge in [0.1, 0.15) is 15.5 Å². The van der Waals surface area contributed by atoms with Crippen LogP contribution in [0.2, 0.25) is 0 Å². The highest BCUT2D eigenvalue weighted by Crippen LogP contribution is 2.29. The fourth-order valence-corrected chi connectivity index (χ4v) is 4.15. The molecular weight excluding hydrogens is 374 g/mol. The number of fused-ring (bicyclic) bond motifs is 1. The summed E-state index contributed by atoms with van der Waals surface area (Å²) in [5, 5.41) is 0.161. The lowest BCUT2D eigenvalue weighted by molar-refractivity contribution is -0.151. The van der Waals surface area contributed by atoms with Crippen molar-refractivity contribution in [2.45, 2.75) is 26.2 Å². The summed E-state index contributed by atoms with van der Waals surface area (Å²) in [6.45, 7) is 2.59. The lowest BCUT2D eigenvalue weighted by atomic mass is 10.1. The number of aromatic nitrogens is 2. The molecule has 1 N–H and O–H groups in total. The molecule has 0 saturated carbocycles. The first kappa shape index (κ1) is 19.0. The average molecular weight is 393 g/mol. The number of esters is 2. The van der Waals surface area contributed by atoms with E-state index in [9.17, 15) is 19.2 Å². The Bertz CT molecular complexity index is 957. The summed E-state index contributed by atoms with van der Waals surface area (Å²) >= 11 is 0.983. The minimum Gasteiger partial charge on any atom is -0.465 e. The lowest BCUT2D eigenvalue weighted by Crippen LogP contribution is -2.32. The standard InChI is InChI=1S/C17H19N3O6S/c1-9-18-15(23)13-10(14(17(24)25-2)27-16(13)19-9)7-12(22)26-8-11(21)20-5-3-4-6-20/h3-8H2,1-2H3,(H,18,19,23). The SMILES string of the molecule is COC(=O)c1sc2nc(C)[nH]c(=O)c2c1CC(=O)OCC(=O)N1CCCC1. The van der Waals surface area contributed by atoms with Gasteiger partial charge in [0.15, 0.2) is 6.61 Å². The van der Waals surface area contributed by atoms with Crippen LogP contribution in [0.15, 0.2) is 4.79 Å². The zero-order chi connectivity index (χ0) is 19.6. The Morgan fingerprint density at radius 3 is 2.63 bits per heavy atom. The fraction of sp³-hybridized carbons (Fsp3) is 0.471. The molecular formula is C17H19N3O6S. The molecule has 3 rings (SSSR count). The van der Waals surface area contributed by atoms with Crippen LogP contribution in [-0.4, -0.2) is 59.5 Å². The second-order valence-electron chi connectivity index (χ2n) is 6.16. The predicted molar refractivity (Wildman–Crippen MR) is 96.8 cm³/mol. The molecule has 0 bridgehead atoms. The number of likely N-dealkylation sites (tertiary alicyclic amines) is 1. The van der Waals surface area contributed by atoms with Gasteiger partial charge in [-0.25, -0.2) is 9.78 Å². The maximum absolute atomic E-state index is 12.3. The molecule has 3 heterocycles. The van der Waals surface area contributed by atoms with Gasteiger partial charge in [-0.05, 0) is 19.8 Å². The summed E-state index contributed by atoms with van der Waals surface area (Å²) < 4.78 is 9.80. The van der Waals surface area contributed by atoms with Gasteiger partial charge in [0.25, 0.3) is 11.5 Å². The van der Waals surface area contributed by atoms with Crippen molar-refractivity contribution < 1.29 is 23.9 Å².